The predicted octanol–water partition coefficient (Wildman–Crippen LogP) is 3.17. The smallest absolute Gasteiger partial charge is 0.407 e. The lowest BCUT2D eigenvalue weighted by Crippen LogP contribution is -2.53. The minimum atomic E-state index is -0.699. The van der Waals surface area contributed by atoms with E-state index < -0.39 is 17.8 Å². The monoisotopic (exact) mass is 348 g/mol. The van der Waals surface area contributed by atoms with Crippen LogP contribution in [0.25, 0.3) is 0 Å². The summed E-state index contributed by atoms with van der Waals surface area (Å²) >= 11 is 0. The van der Waals surface area contributed by atoms with Gasteiger partial charge in [-0.1, -0.05) is 38.1 Å². The van der Waals surface area contributed by atoms with Crippen molar-refractivity contribution in [2.45, 2.75) is 71.2 Å². The minimum absolute atomic E-state index is 0.191. The summed E-state index contributed by atoms with van der Waals surface area (Å²) < 4.78 is 5.34. The van der Waals surface area contributed by atoms with E-state index in [4.69, 9.17) is 4.74 Å². The van der Waals surface area contributed by atoms with Crippen LogP contribution >= 0.6 is 0 Å². The number of benzene rings is 1. The first-order chi connectivity index (χ1) is 11.7. The molecule has 3 N–H and O–H groups in total. The molecule has 0 radical (unpaired) electrons. The van der Waals surface area contributed by atoms with E-state index in [1.54, 1.807) is 0 Å². The summed E-state index contributed by atoms with van der Waals surface area (Å²) in [7, 11) is 0. The largest absolute Gasteiger partial charge is 0.444 e. The number of fused-ring (bicyclic) bond motifs is 1. The quantitative estimate of drug-likeness (QED) is 0.764. The number of carbonyl (C=O) groups is 1. The number of hydrogen-bond acceptors (Lipinski definition) is 4. The van der Waals surface area contributed by atoms with Crippen molar-refractivity contribution in [3.05, 3.63) is 35.4 Å². The van der Waals surface area contributed by atoms with Crippen LogP contribution in [-0.2, 0) is 11.2 Å². The van der Waals surface area contributed by atoms with Gasteiger partial charge in [0.25, 0.3) is 0 Å². The molecule has 0 spiro atoms. The second-order valence-electron chi connectivity index (χ2n) is 8.26. The lowest BCUT2D eigenvalue weighted by Gasteiger charge is -2.37. The summed E-state index contributed by atoms with van der Waals surface area (Å²) in [6.45, 7) is 10.7. The molecule has 25 heavy (non-hydrogen) atoms. The number of amides is 1. The topological polar surface area (TPSA) is 70.6 Å². The molecule has 1 aliphatic carbocycles. The van der Waals surface area contributed by atoms with Gasteiger partial charge in [-0.05, 0) is 57.2 Å². The Kier molecular flexibility index (Phi) is 6.47. The molecule has 5 nitrogen and oxygen atoms in total. The van der Waals surface area contributed by atoms with Crippen LogP contribution in [-0.4, -0.2) is 35.5 Å². The summed E-state index contributed by atoms with van der Waals surface area (Å²) in [6, 6.07) is 7.53. The van der Waals surface area contributed by atoms with Crippen molar-refractivity contribution in [1.82, 2.24) is 10.6 Å². The minimum Gasteiger partial charge on any atom is -0.444 e. The standard InChI is InChI=1S/C20H32N2O3/c1-13(2)10-11-21-17-15-9-7-6-8-14(15)12-16(18(17)23)22-19(24)25-20(3,4)5/h6-9,13,16-18,21,23H,10-12H2,1-5H3,(H,22,24)/t16-,17-,18+/m1/s1. The van der Waals surface area contributed by atoms with Crippen LogP contribution < -0.4 is 10.6 Å². The molecule has 0 fully saturated rings. The summed E-state index contributed by atoms with van der Waals surface area (Å²) in [5, 5.41) is 17.2. The normalized spacial score (nSPS) is 23.2. The van der Waals surface area contributed by atoms with Crippen molar-refractivity contribution < 1.29 is 14.6 Å². The van der Waals surface area contributed by atoms with Gasteiger partial charge in [0.05, 0.1) is 18.2 Å². The number of aliphatic hydroxyl groups is 1. The first-order valence-corrected chi connectivity index (χ1v) is 9.16. The van der Waals surface area contributed by atoms with Crippen molar-refractivity contribution in [3.8, 4) is 0 Å². The Labute approximate surface area is 151 Å². The van der Waals surface area contributed by atoms with Crippen LogP contribution in [0, 0.1) is 5.92 Å². The first kappa shape index (κ1) is 19.7. The molecule has 0 aliphatic heterocycles. The number of aliphatic hydroxyl groups excluding tert-OH is 1. The molecule has 0 unspecified atom stereocenters. The van der Waals surface area contributed by atoms with Crippen molar-refractivity contribution in [2.24, 2.45) is 5.92 Å². The third-order valence-corrected chi connectivity index (χ3v) is 4.37. The summed E-state index contributed by atoms with van der Waals surface area (Å²) in [5.41, 5.74) is 1.70. The van der Waals surface area contributed by atoms with Gasteiger partial charge in [0.15, 0.2) is 0 Å². The van der Waals surface area contributed by atoms with E-state index in [0.29, 0.717) is 12.3 Å². The van der Waals surface area contributed by atoms with E-state index in [9.17, 15) is 9.90 Å². The fourth-order valence-corrected chi connectivity index (χ4v) is 3.15. The Hall–Kier alpha value is -1.59. The molecule has 2 rings (SSSR count). The van der Waals surface area contributed by atoms with Crippen LogP contribution in [0.15, 0.2) is 24.3 Å². The molecule has 1 aromatic carbocycles. The fourth-order valence-electron chi connectivity index (χ4n) is 3.15. The van der Waals surface area contributed by atoms with Gasteiger partial charge in [-0.25, -0.2) is 4.79 Å². The number of alkyl carbamates (subject to hydrolysis) is 1. The highest BCUT2D eigenvalue weighted by Crippen LogP contribution is 2.30. The molecule has 3 atom stereocenters. The van der Waals surface area contributed by atoms with Gasteiger partial charge in [0, 0.05) is 0 Å². The Bertz CT molecular complexity index is 581. The van der Waals surface area contributed by atoms with Crippen LogP contribution in [0.4, 0.5) is 4.79 Å². The Morgan fingerprint density at radius 1 is 1.32 bits per heavy atom. The Morgan fingerprint density at radius 2 is 2.00 bits per heavy atom. The fraction of sp³-hybridized carbons (Fsp3) is 0.650. The molecule has 0 saturated heterocycles. The third kappa shape index (κ3) is 5.72. The SMILES string of the molecule is CC(C)CCN[C@@H]1c2ccccc2C[C@@H](NC(=O)OC(C)(C)C)[C@@H]1O. The van der Waals surface area contributed by atoms with Gasteiger partial charge in [-0.15, -0.1) is 0 Å². The highest BCUT2D eigenvalue weighted by atomic mass is 16.6. The summed E-state index contributed by atoms with van der Waals surface area (Å²) in [4.78, 5) is 12.1. The molecule has 140 valence electrons. The number of hydrogen-bond donors (Lipinski definition) is 3. The highest BCUT2D eigenvalue weighted by Gasteiger charge is 2.36. The van der Waals surface area contributed by atoms with Gasteiger partial charge in [-0.3, -0.25) is 0 Å². The molecule has 5 heteroatoms. The van der Waals surface area contributed by atoms with E-state index in [0.717, 1.165) is 24.1 Å². The van der Waals surface area contributed by atoms with Crippen LogP contribution in [0.1, 0.15) is 58.2 Å². The highest BCUT2D eigenvalue weighted by molar-refractivity contribution is 5.68. The van der Waals surface area contributed by atoms with Gasteiger partial charge >= 0.3 is 6.09 Å². The van der Waals surface area contributed by atoms with Gasteiger partial charge in [0.2, 0.25) is 0 Å². The Morgan fingerprint density at radius 3 is 2.64 bits per heavy atom. The van der Waals surface area contributed by atoms with Crippen molar-refractivity contribution in [3.63, 3.8) is 0 Å². The lowest BCUT2D eigenvalue weighted by atomic mass is 9.82. The molecule has 0 saturated carbocycles. The molecule has 1 aromatic rings. The van der Waals surface area contributed by atoms with Crippen LogP contribution in [0.3, 0.4) is 0 Å². The molecule has 1 aliphatic rings. The Balaban J connectivity index is 2.11. The van der Waals surface area contributed by atoms with Crippen molar-refractivity contribution in [2.75, 3.05) is 6.54 Å². The molecule has 1 amide bonds. The van der Waals surface area contributed by atoms with Gasteiger partial charge in [-0.2, -0.15) is 0 Å². The van der Waals surface area contributed by atoms with Crippen molar-refractivity contribution in [1.29, 1.82) is 0 Å². The lowest BCUT2D eigenvalue weighted by molar-refractivity contribution is 0.0343. The zero-order valence-corrected chi connectivity index (χ0v) is 16.0. The van der Waals surface area contributed by atoms with Gasteiger partial charge in [0.1, 0.15) is 5.60 Å². The number of rotatable bonds is 5. The number of carbonyl (C=O) groups excluding carboxylic acids is 1. The zero-order chi connectivity index (χ0) is 18.6. The first-order valence-electron chi connectivity index (χ1n) is 9.16. The van der Waals surface area contributed by atoms with E-state index >= 15 is 0 Å². The maximum Gasteiger partial charge on any atom is 0.407 e. The molecule has 0 heterocycles. The number of nitrogens with one attached hydrogen (secondary N) is 2. The average molecular weight is 348 g/mol. The second kappa shape index (κ2) is 8.19. The third-order valence-electron chi connectivity index (χ3n) is 4.37. The van der Waals surface area contributed by atoms with E-state index in [1.807, 2.05) is 32.9 Å². The molecular weight excluding hydrogens is 316 g/mol. The van der Waals surface area contributed by atoms with Crippen LogP contribution in [0.2, 0.25) is 0 Å². The molecular formula is C20H32N2O3. The average Bonchev–Trinajstić information content (AvgIpc) is 2.48. The van der Waals surface area contributed by atoms with Crippen LogP contribution in [0.5, 0.6) is 0 Å². The predicted molar refractivity (Wildman–Crippen MR) is 99.5 cm³/mol. The summed E-state index contributed by atoms with van der Waals surface area (Å²) in [5.74, 6) is 0.596. The van der Waals surface area contributed by atoms with E-state index in [1.165, 1.54) is 0 Å². The van der Waals surface area contributed by atoms with Gasteiger partial charge < -0.3 is 20.5 Å². The number of ether oxygens (including phenoxy) is 1. The van der Waals surface area contributed by atoms with Crippen molar-refractivity contribution >= 4 is 6.09 Å². The molecule has 0 bridgehead atoms. The maximum absolute atomic E-state index is 12.1. The second-order valence-corrected chi connectivity index (χ2v) is 8.26. The molecule has 0 aromatic heterocycles. The maximum atomic E-state index is 12.1. The van der Waals surface area contributed by atoms with E-state index in [2.05, 4.69) is 36.6 Å². The zero-order valence-electron chi connectivity index (χ0n) is 16.0. The van der Waals surface area contributed by atoms with E-state index in [-0.39, 0.29) is 12.1 Å². The summed E-state index contributed by atoms with van der Waals surface area (Å²) in [6.07, 6.45) is 0.445.